The highest BCUT2D eigenvalue weighted by molar-refractivity contribution is 7.19. The van der Waals surface area contributed by atoms with E-state index < -0.39 is 4.92 Å². The summed E-state index contributed by atoms with van der Waals surface area (Å²) >= 11 is 1.19. The van der Waals surface area contributed by atoms with Gasteiger partial charge in [0, 0.05) is 24.1 Å². The summed E-state index contributed by atoms with van der Waals surface area (Å²) in [6.07, 6.45) is 0.369. The van der Waals surface area contributed by atoms with Gasteiger partial charge in [0.25, 0.3) is 11.2 Å². The topological polar surface area (TPSA) is 116 Å². The Kier molecular flexibility index (Phi) is 4.60. The molecule has 0 unspecified atom stereocenters. The molecule has 2 aromatic carbocycles. The summed E-state index contributed by atoms with van der Waals surface area (Å²) < 4.78 is 7.10. The smallest absolute Gasteiger partial charge is 0.297 e. The van der Waals surface area contributed by atoms with Crippen molar-refractivity contribution >= 4 is 22.0 Å². The van der Waals surface area contributed by atoms with Gasteiger partial charge in [-0.3, -0.25) is 14.9 Å². The van der Waals surface area contributed by atoms with Gasteiger partial charge in [0.15, 0.2) is 10.8 Å². The summed E-state index contributed by atoms with van der Waals surface area (Å²) in [6, 6.07) is 19.1. The van der Waals surface area contributed by atoms with Gasteiger partial charge < -0.3 is 4.42 Å². The standard InChI is InChI=1S/C21H13N5O4S/c27-20-16(12-13-4-2-1-3-5-13)22-23-21-25(20)24-19(31-21)18-11-10-17(30-18)14-6-8-15(9-7-14)26(28)29/h1-11H,12H2. The van der Waals surface area contributed by atoms with Crippen molar-refractivity contribution in [2.45, 2.75) is 6.42 Å². The number of furan rings is 1. The minimum Gasteiger partial charge on any atom is -0.454 e. The highest BCUT2D eigenvalue weighted by atomic mass is 32.1. The van der Waals surface area contributed by atoms with E-state index in [4.69, 9.17) is 4.42 Å². The Morgan fingerprint density at radius 2 is 1.71 bits per heavy atom. The molecule has 0 bridgehead atoms. The van der Waals surface area contributed by atoms with Crippen molar-refractivity contribution < 1.29 is 9.34 Å². The molecule has 31 heavy (non-hydrogen) atoms. The first kappa shape index (κ1) is 18.8. The second-order valence-corrected chi connectivity index (χ2v) is 7.64. The van der Waals surface area contributed by atoms with Crippen molar-refractivity contribution in [3.8, 4) is 22.1 Å². The van der Waals surface area contributed by atoms with Crippen LogP contribution in [0.5, 0.6) is 0 Å². The van der Waals surface area contributed by atoms with E-state index in [1.54, 1.807) is 24.3 Å². The first-order chi connectivity index (χ1) is 15.1. The molecule has 9 nitrogen and oxygen atoms in total. The zero-order valence-electron chi connectivity index (χ0n) is 15.8. The van der Waals surface area contributed by atoms with Gasteiger partial charge in [-0.15, -0.1) is 15.3 Å². The van der Waals surface area contributed by atoms with Gasteiger partial charge in [-0.25, -0.2) is 0 Å². The van der Waals surface area contributed by atoms with E-state index in [-0.39, 0.29) is 11.2 Å². The highest BCUT2D eigenvalue weighted by Gasteiger charge is 2.16. The maximum atomic E-state index is 12.8. The van der Waals surface area contributed by atoms with Crippen LogP contribution in [0.2, 0.25) is 0 Å². The molecule has 0 aliphatic rings. The molecule has 0 aliphatic carbocycles. The van der Waals surface area contributed by atoms with Gasteiger partial charge in [-0.1, -0.05) is 41.7 Å². The first-order valence-corrected chi connectivity index (χ1v) is 10.0. The number of rotatable bonds is 5. The maximum absolute atomic E-state index is 12.8. The molecule has 0 saturated heterocycles. The Balaban J connectivity index is 1.46. The Bertz CT molecular complexity index is 1450. The van der Waals surface area contributed by atoms with Crippen LogP contribution < -0.4 is 5.56 Å². The van der Waals surface area contributed by atoms with Crippen molar-refractivity contribution in [1.29, 1.82) is 0 Å². The van der Waals surface area contributed by atoms with Crippen LogP contribution in [0, 0.1) is 10.1 Å². The Morgan fingerprint density at radius 3 is 2.45 bits per heavy atom. The zero-order valence-corrected chi connectivity index (χ0v) is 16.7. The molecule has 0 spiro atoms. The fraction of sp³-hybridized carbons (Fsp3) is 0.0476. The number of hydrogen-bond donors (Lipinski definition) is 0. The average molecular weight is 431 g/mol. The van der Waals surface area contributed by atoms with Gasteiger partial charge in [0.1, 0.15) is 11.5 Å². The van der Waals surface area contributed by atoms with Crippen LogP contribution in [0.1, 0.15) is 11.3 Å². The number of fused-ring (bicyclic) bond motifs is 1. The fourth-order valence-corrected chi connectivity index (χ4v) is 3.90. The summed E-state index contributed by atoms with van der Waals surface area (Å²) in [5.41, 5.74) is 1.65. The van der Waals surface area contributed by atoms with Crippen LogP contribution in [0.3, 0.4) is 0 Å². The Hall–Kier alpha value is -4.18. The number of aromatic nitrogens is 4. The van der Waals surface area contributed by atoms with Gasteiger partial charge in [0.05, 0.1) is 4.92 Å². The van der Waals surface area contributed by atoms with Crippen LogP contribution in [0.15, 0.2) is 75.9 Å². The maximum Gasteiger partial charge on any atom is 0.297 e. The predicted molar refractivity (Wildman–Crippen MR) is 114 cm³/mol. The second-order valence-electron chi connectivity index (χ2n) is 6.68. The number of hydrogen-bond acceptors (Lipinski definition) is 8. The Morgan fingerprint density at radius 1 is 0.968 bits per heavy atom. The summed E-state index contributed by atoms with van der Waals surface area (Å²) in [5, 5.41) is 23.9. The second kappa shape index (κ2) is 7.58. The minimum absolute atomic E-state index is 0.00552. The Labute approximate surface area is 178 Å². The fourth-order valence-electron chi connectivity index (χ4n) is 3.10. The van der Waals surface area contributed by atoms with Gasteiger partial charge >= 0.3 is 0 Å². The van der Waals surface area contributed by atoms with Crippen molar-refractivity contribution in [2.24, 2.45) is 0 Å². The van der Waals surface area contributed by atoms with E-state index in [0.29, 0.717) is 39.2 Å². The largest absolute Gasteiger partial charge is 0.454 e. The van der Waals surface area contributed by atoms with Crippen LogP contribution in [-0.4, -0.2) is 24.7 Å². The van der Waals surface area contributed by atoms with Crippen LogP contribution in [-0.2, 0) is 6.42 Å². The van der Waals surface area contributed by atoms with Crippen molar-refractivity contribution in [2.75, 3.05) is 0 Å². The molecule has 152 valence electrons. The monoisotopic (exact) mass is 431 g/mol. The number of nitro groups is 1. The third kappa shape index (κ3) is 3.60. The highest BCUT2D eigenvalue weighted by Crippen LogP contribution is 2.31. The molecule has 3 aromatic heterocycles. The van der Waals surface area contributed by atoms with Crippen molar-refractivity contribution in [3.63, 3.8) is 0 Å². The SMILES string of the molecule is O=c1c(Cc2ccccc2)nnc2sc(-c3ccc(-c4ccc([N+](=O)[O-])cc4)o3)nn12. The van der Waals surface area contributed by atoms with E-state index in [1.165, 1.54) is 28.0 Å². The zero-order chi connectivity index (χ0) is 21.4. The molecule has 5 rings (SSSR count). The average Bonchev–Trinajstić information content (AvgIpc) is 3.44. The minimum atomic E-state index is -0.455. The van der Waals surface area contributed by atoms with Crippen molar-refractivity contribution in [1.82, 2.24) is 19.8 Å². The van der Waals surface area contributed by atoms with E-state index in [2.05, 4.69) is 15.3 Å². The summed E-state index contributed by atoms with van der Waals surface area (Å²) in [6.45, 7) is 0. The lowest BCUT2D eigenvalue weighted by atomic mass is 10.1. The molecular weight excluding hydrogens is 418 g/mol. The number of benzene rings is 2. The number of nitrogens with zero attached hydrogens (tertiary/aromatic N) is 5. The van der Waals surface area contributed by atoms with Gasteiger partial charge in [0.2, 0.25) is 4.96 Å². The molecule has 0 atom stereocenters. The van der Waals surface area contributed by atoms with Crippen LogP contribution >= 0.6 is 11.3 Å². The summed E-state index contributed by atoms with van der Waals surface area (Å²) in [5.74, 6) is 1.00. The van der Waals surface area contributed by atoms with Gasteiger partial charge in [-0.05, 0) is 29.8 Å². The number of non-ortho nitro benzene ring substituents is 1. The molecule has 3 heterocycles. The molecule has 0 N–H and O–H groups in total. The van der Waals surface area contributed by atoms with E-state index in [0.717, 1.165) is 5.56 Å². The molecule has 0 fully saturated rings. The van der Waals surface area contributed by atoms with Crippen LogP contribution in [0.25, 0.3) is 27.1 Å². The van der Waals surface area contributed by atoms with E-state index in [9.17, 15) is 14.9 Å². The molecule has 10 heteroatoms. The normalized spacial score (nSPS) is 11.1. The molecular formula is C21H13N5O4S. The van der Waals surface area contributed by atoms with Crippen molar-refractivity contribution in [3.05, 3.63) is 98.5 Å². The van der Waals surface area contributed by atoms with E-state index >= 15 is 0 Å². The lowest BCUT2D eigenvalue weighted by Crippen LogP contribution is -2.22. The van der Waals surface area contributed by atoms with Crippen LogP contribution in [0.4, 0.5) is 5.69 Å². The quantitative estimate of drug-likeness (QED) is 0.305. The third-order valence-electron chi connectivity index (χ3n) is 4.65. The molecule has 0 saturated carbocycles. The van der Waals surface area contributed by atoms with Gasteiger partial charge in [-0.2, -0.15) is 4.52 Å². The first-order valence-electron chi connectivity index (χ1n) is 9.23. The molecule has 0 radical (unpaired) electrons. The number of nitro benzene ring substituents is 1. The predicted octanol–water partition coefficient (Wildman–Crippen LogP) is 3.97. The third-order valence-corrected chi connectivity index (χ3v) is 5.56. The summed E-state index contributed by atoms with van der Waals surface area (Å²) in [4.78, 5) is 23.5. The lowest BCUT2D eigenvalue weighted by molar-refractivity contribution is -0.384. The lowest BCUT2D eigenvalue weighted by Gasteiger charge is -1.99. The molecule has 5 aromatic rings. The summed E-state index contributed by atoms with van der Waals surface area (Å²) in [7, 11) is 0. The molecule has 0 aliphatic heterocycles. The molecule has 0 amide bonds. The van der Waals surface area contributed by atoms with E-state index in [1.807, 2.05) is 30.3 Å².